The van der Waals surface area contributed by atoms with Crippen molar-refractivity contribution in [3.8, 4) is 0 Å². The number of carbonyl (C=O) groups is 1. The van der Waals surface area contributed by atoms with Gasteiger partial charge in [-0.3, -0.25) is 4.79 Å². The molecule has 27 heavy (non-hydrogen) atoms. The molecule has 1 atom stereocenters. The lowest BCUT2D eigenvalue weighted by molar-refractivity contribution is -0.132. The molecule has 2 heterocycles. The molecule has 1 aromatic carbocycles. The number of fused-ring (bicyclic) bond motifs is 1. The Kier molecular flexibility index (Phi) is 5.36. The summed E-state index contributed by atoms with van der Waals surface area (Å²) in [7, 11) is -3.02. The molecule has 2 aromatic rings. The van der Waals surface area contributed by atoms with E-state index in [0.29, 0.717) is 6.42 Å². The summed E-state index contributed by atoms with van der Waals surface area (Å²) in [4.78, 5) is 23.6. The quantitative estimate of drug-likeness (QED) is 0.562. The van der Waals surface area contributed by atoms with E-state index in [1.165, 1.54) is 18.1 Å². The highest BCUT2D eigenvalue weighted by atomic mass is 32.2. The summed E-state index contributed by atoms with van der Waals surface area (Å²) in [5.74, 6) is 0.596. The first kappa shape index (κ1) is 18.7. The third-order valence-electron chi connectivity index (χ3n) is 5.45. The number of carbonyl (C=O) groups excluding carboxylic acids is 1. The third kappa shape index (κ3) is 4.11. The van der Waals surface area contributed by atoms with E-state index >= 15 is 0 Å². The van der Waals surface area contributed by atoms with Gasteiger partial charge in [0.1, 0.15) is 11.4 Å². The number of para-hydroxylation sites is 1. The zero-order valence-electron chi connectivity index (χ0n) is 15.1. The van der Waals surface area contributed by atoms with Crippen LogP contribution in [0.4, 0.5) is 0 Å². The van der Waals surface area contributed by atoms with Gasteiger partial charge in [0.2, 0.25) is 5.91 Å². The number of hydrogen-bond acceptors (Lipinski definition) is 6. The maximum Gasteiger partial charge on any atom is 0.233 e. The molecule has 1 aromatic heterocycles. The van der Waals surface area contributed by atoms with Crippen molar-refractivity contribution in [1.82, 2.24) is 14.9 Å². The largest absolute Gasteiger partial charge is 0.335 e. The van der Waals surface area contributed by atoms with Gasteiger partial charge in [-0.15, -0.1) is 0 Å². The highest BCUT2D eigenvalue weighted by Crippen LogP contribution is 2.31. The number of amides is 1. The zero-order valence-corrected chi connectivity index (χ0v) is 16.7. The van der Waals surface area contributed by atoms with Crippen molar-refractivity contribution in [2.75, 3.05) is 17.3 Å². The van der Waals surface area contributed by atoms with Gasteiger partial charge in [0.25, 0.3) is 0 Å². The van der Waals surface area contributed by atoms with Gasteiger partial charge in [-0.2, -0.15) is 0 Å². The fourth-order valence-corrected chi connectivity index (χ4v) is 6.75. The van der Waals surface area contributed by atoms with E-state index in [-0.39, 0.29) is 35.2 Å². The minimum absolute atomic E-state index is 0.0247. The Morgan fingerprint density at radius 1 is 1.11 bits per heavy atom. The first-order chi connectivity index (χ1) is 13.0. The lowest BCUT2D eigenvalue weighted by atomic mass is 10.1. The molecule has 0 radical (unpaired) electrons. The summed E-state index contributed by atoms with van der Waals surface area (Å²) in [6.07, 6.45) is 6.25. The van der Waals surface area contributed by atoms with E-state index in [9.17, 15) is 13.2 Å². The van der Waals surface area contributed by atoms with Crippen molar-refractivity contribution in [3.63, 3.8) is 0 Å². The van der Waals surface area contributed by atoms with Crippen molar-refractivity contribution in [2.45, 2.75) is 49.2 Å². The number of hydrogen-bond donors (Lipinski definition) is 0. The molecule has 2 aliphatic rings. The number of thioether (sulfide) groups is 1. The van der Waals surface area contributed by atoms with Crippen LogP contribution in [-0.4, -0.2) is 58.5 Å². The first-order valence-electron chi connectivity index (χ1n) is 9.38. The van der Waals surface area contributed by atoms with Crippen LogP contribution < -0.4 is 0 Å². The van der Waals surface area contributed by atoms with Crippen molar-refractivity contribution >= 4 is 38.4 Å². The number of nitrogens with zero attached hydrogens (tertiary/aromatic N) is 3. The van der Waals surface area contributed by atoms with Crippen LogP contribution in [0.3, 0.4) is 0 Å². The molecule has 0 spiro atoms. The maximum atomic E-state index is 13.1. The second-order valence-electron chi connectivity index (χ2n) is 7.28. The second kappa shape index (κ2) is 7.75. The van der Waals surface area contributed by atoms with Gasteiger partial charge in [0.05, 0.1) is 22.8 Å². The summed E-state index contributed by atoms with van der Waals surface area (Å²) in [6, 6.07) is 7.76. The summed E-state index contributed by atoms with van der Waals surface area (Å²) >= 11 is 1.41. The molecule has 0 N–H and O–H groups in total. The highest BCUT2D eigenvalue weighted by molar-refractivity contribution is 8.00. The smallest absolute Gasteiger partial charge is 0.233 e. The van der Waals surface area contributed by atoms with Crippen molar-refractivity contribution < 1.29 is 13.2 Å². The lowest BCUT2D eigenvalue weighted by Crippen LogP contribution is -2.47. The minimum atomic E-state index is -3.02. The minimum Gasteiger partial charge on any atom is -0.335 e. The van der Waals surface area contributed by atoms with E-state index < -0.39 is 9.84 Å². The monoisotopic (exact) mass is 405 g/mol. The number of aromatic nitrogens is 2. The van der Waals surface area contributed by atoms with Crippen molar-refractivity contribution in [3.05, 3.63) is 30.6 Å². The molecule has 8 heteroatoms. The topological polar surface area (TPSA) is 80.2 Å². The van der Waals surface area contributed by atoms with Gasteiger partial charge in [-0.05, 0) is 25.3 Å². The Bertz CT molecular complexity index is 937. The van der Waals surface area contributed by atoms with Gasteiger partial charge in [0.15, 0.2) is 9.84 Å². The summed E-state index contributed by atoms with van der Waals surface area (Å²) < 4.78 is 23.9. The van der Waals surface area contributed by atoms with Gasteiger partial charge in [-0.25, -0.2) is 18.4 Å². The van der Waals surface area contributed by atoms with Crippen molar-refractivity contribution in [2.24, 2.45) is 0 Å². The molecule has 1 aliphatic heterocycles. The predicted octanol–water partition coefficient (Wildman–Crippen LogP) is 2.68. The van der Waals surface area contributed by atoms with Gasteiger partial charge in [0, 0.05) is 17.5 Å². The number of benzene rings is 1. The van der Waals surface area contributed by atoms with Crippen LogP contribution in [0.5, 0.6) is 0 Å². The Morgan fingerprint density at radius 3 is 2.63 bits per heavy atom. The van der Waals surface area contributed by atoms with Gasteiger partial charge in [-0.1, -0.05) is 42.8 Å². The predicted molar refractivity (Wildman–Crippen MR) is 106 cm³/mol. The fraction of sp³-hybridized carbons (Fsp3) is 0.526. The van der Waals surface area contributed by atoms with Crippen molar-refractivity contribution in [1.29, 1.82) is 0 Å². The number of rotatable bonds is 5. The van der Waals surface area contributed by atoms with Crippen LogP contribution >= 0.6 is 11.8 Å². The Labute approximate surface area is 163 Å². The molecule has 4 rings (SSSR count). The van der Waals surface area contributed by atoms with Crippen LogP contribution in [0.25, 0.3) is 10.9 Å². The Morgan fingerprint density at radius 2 is 1.89 bits per heavy atom. The average molecular weight is 406 g/mol. The van der Waals surface area contributed by atoms with Crippen LogP contribution in [0.2, 0.25) is 0 Å². The van der Waals surface area contributed by atoms with E-state index in [2.05, 4.69) is 9.97 Å². The Hall–Kier alpha value is -1.67. The van der Waals surface area contributed by atoms with Crippen LogP contribution in [0.15, 0.2) is 35.6 Å². The van der Waals surface area contributed by atoms with Crippen LogP contribution in [0, 0.1) is 0 Å². The molecule has 144 valence electrons. The standard InChI is InChI=1S/C19H23N3O3S2/c23-18(11-26-19-16-7-3-4-8-17(16)20-13-21-19)22(14-5-1-2-6-14)15-9-10-27(24,25)12-15/h3-4,7-8,13-15H,1-2,5-6,9-12H2. The number of sulfone groups is 1. The molecule has 1 aliphatic carbocycles. The molecular formula is C19H23N3O3S2. The van der Waals surface area contributed by atoms with E-state index in [1.54, 1.807) is 0 Å². The molecule has 1 amide bonds. The molecular weight excluding hydrogens is 382 g/mol. The van der Waals surface area contributed by atoms with E-state index in [4.69, 9.17) is 0 Å². The summed E-state index contributed by atoms with van der Waals surface area (Å²) in [5, 5.41) is 1.73. The van der Waals surface area contributed by atoms with Gasteiger partial charge >= 0.3 is 0 Å². The highest BCUT2D eigenvalue weighted by Gasteiger charge is 2.38. The third-order valence-corrected chi connectivity index (χ3v) is 8.19. The summed E-state index contributed by atoms with van der Waals surface area (Å²) in [5.41, 5.74) is 0.858. The normalized spacial score (nSPS) is 22.3. The van der Waals surface area contributed by atoms with Crippen LogP contribution in [-0.2, 0) is 14.6 Å². The molecule has 1 saturated carbocycles. The van der Waals surface area contributed by atoms with E-state index in [0.717, 1.165) is 41.6 Å². The van der Waals surface area contributed by atoms with E-state index in [1.807, 2.05) is 29.2 Å². The average Bonchev–Trinajstić information content (AvgIpc) is 3.30. The zero-order chi connectivity index (χ0) is 18.9. The molecule has 1 unspecified atom stereocenters. The second-order valence-corrected chi connectivity index (χ2v) is 10.5. The Balaban J connectivity index is 1.51. The molecule has 1 saturated heterocycles. The molecule has 0 bridgehead atoms. The summed E-state index contributed by atoms with van der Waals surface area (Å²) in [6.45, 7) is 0. The maximum absolute atomic E-state index is 13.1. The SMILES string of the molecule is O=C(CSc1ncnc2ccccc12)N(C1CCCC1)C1CCS(=O)(=O)C1. The molecule has 2 fully saturated rings. The molecule has 6 nitrogen and oxygen atoms in total. The van der Waals surface area contributed by atoms with Gasteiger partial charge < -0.3 is 4.90 Å². The lowest BCUT2D eigenvalue weighted by Gasteiger charge is -2.34. The first-order valence-corrected chi connectivity index (χ1v) is 12.2. The fourth-order valence-electron chi connectivity index (χ4n) is 4.18. The van der Waals surface area contributed by atoms with Crippen LogP contribution in [0.1, 0.15) is 32.1 Å².